The van der Waals surface area contributed by atoms with Crippen LogP contribution in [0.5, 0.6) is 0 Å². The summed E-state index contributed by atoms with van der Waals surface area (Å²) >= 11 is 1.10. The van der Waals surface area contributed by atoms with Crippen LogP contribution in [0, 0.1) is 13.8 Å². The third-order valence-electron chi connectivity index (χ3n) is 3.87. The molecule has 0 aliphatic rings. The third-order valence-corrected chi connectivity index (χ3v) is 4.80. The van der Waals surface area contributed by atoms with Gasteiger partial charge in [0.25, 0.3) is 5.22 Å². The van der Waals surface area contributed by atoms with Crippen LogP contribution < -0.4 is 0 Å². The van der Waals surface area contributed by atoms with Crippen molar-refractivity contribution in [1.82, 2.24) is 4.98 Å². The standard InChI is InChI=1S/C20H19NO3S/c1-12-4-8-15(9-5-12)17-18(16-10-6-13(2)7-11-16)24-20(21-17)25-14(3)19(22)23/h4-11,14H,1-3H3,(H,22,23). The molecule has 1 aromatic heterocycles. The number of hydrogen-bond donors (Lipinski definition) is 1. The number of thioether (sulfide) groups is 1. The maximum Gasteiger partial charge on any atom is 0.316 e. The Hall–Kier alpha value is -2.53. The lowest BCUT2D eigenvalue weighted by molar-refractivity contribution is -0.136. The van der Waals surface area contributed by atoms with E-state index in [2.05, 4.69) is 4.98 Å². The van der Waals surface area contributed by atoms with Gasteiger partial charge in [0, 0.05) is 11.1 Å². The molecule has 0 aliphatic heterocycles. The highest BCUT2D eigenvalue weighted by atomic mass is 32.2. The van der Waals surface area contributed by atoms with Gasteiger partial charge in [0.2, 0.25) is 0 Å². The Morgan fingerprint density at radius 1 is 1.00 bits per heavy atom. The van der Waals surface area contributed by atoms with E-state index in [1.54, 1.807) is 6.92 Å². The molecular weight excluding hydrogens is 334 g/mol. The molecule has 5 heteroatoms. The molecule has 1 atom stereocenters. The van der Waals surface area contributed by atoms with Crippen LogP contribution in [0.2, 0.25) is 0 Å². The number of rotatable bonds is 5. The van der Waals surface area contributed by atoms with Crippen molar-refractivity contribution in [2.75, 3.05) is 0 Å². The number of nitrogens with zero attached hydrogens (tertiary/aromatic N) is 1. The zero-order chi connectivity index (χ0) is 18.0. The molecule has 3 aromatic rings. The zero-order valence-corrected chi connectivity index (χ0v) is 15.1. The van der Waals surface area contributed by atoms with Crippen LogP contribution in [0.3, 0.4) is 0 Å². The van der Waals surface area contributed by atoms with Crippen molar-refractivity contribution in [3.63, 3.8) is 0 Å². The highest BCUT2D eigenvalue weighted by molar-refractivity contribution is 8.00. The Labute approximate surface area is 150 Å². The molecule has 0 bridgehead atoms. The molecule has 2 aromatic carbocycles. The Bertz CT molecular complexity index is 819. The van der Waals surface area contributed by atoms with Crippen molar-refractivity contribution in [2.24, 2.45) is 0 Å². The van der Waals surface area contributed by atoms with E-state index < -0.39 is 11.2 Å². The van der Waals surface area contributed by atoms with Gasteiger partial charge in [0.1, 0.15) is 10.9 Å². The number of benzene rings is 2. The predicted octanol–water partition coefficient (Wildman–Crippen LogP) is 5.19. The molecule has 1 heterocycles. The van der Waals surface area contributed by atoms with Crippen LogP contribution in [0.25, 0.3) is 22.6 Å². The van der Waals surface area contributed by atoms with E-state index in [-0.39, 0.29) is 0 Å². The number of aryl methyl sites for hydroxylation is 2. The Morgan fingerprint density at radius 2 is 1.52 bits per heavy atom. The van der Waals surface area contributed by atoms with E-state index in [1.807, 2.05) is 62.4 Å². The summed E-state index contributed by atoms with van der Waals surface area (Å²) in [5.74, 6) is -0.235. The molecule has 3 rings (SSSR count). The number of aliphatic carboxylic acids is 1. The molecule has 0 saturated heterocycles. The van der Waals surface area contributed by atoms with Crippen molar-refractivity contribution >= 4 is 17.7 Å². The Kier molecular flexibility index (Phi) is 4.95. The second-order valence-electron chi connectivity index (χ2n) is 5.99. The van der Waals surface area contributed by atoms with Gasteiger partial charge >= 0.3 is 5.97 Å². The van der Waals surface area contributed by atoms with Gasteiger partial charge in [-0.2, -0.15) is 0 Å². The van der Waals surface area contributed by atoms with E-state index in [9.17, 15) is 4.79 Å². The van der Waals surface area contributed by atoms with Gasteiger partial charge in [-0.3, -0.25) is 4.79 Å². The normalized spacial score (nSPS) is 12.1. The zero-order valence-electron chi connectivity index (χ0n) is 14.3. The summed E-state index contributed by atoms with van der Waals surface area (Å²) in [6.07, 6.45) is 0. The first-order chi connectivity index (χ1) is 11.9. The monoisotopic (exact) mass is 353 g/mol. The highest BCUT2D eigenvalue weighted by Crippen LogP contribution is 2.36. The Balaban J connectivity index is 2.07. The fraction of sp³-hybridized carbons (Fsp3) is 0.200. The van der Waals surface area contributed by atoms with E-state index in [0.717, 1.165) is 34.1 Å². The van der Waals surface area contributed by atoms with E-state index in [4.69, 9.17) is 9.52 Å². The van der Waals surface area contributed by atoms with Gasteiger partial charge in [-0.15, -0.1) is 0 Å². The Morgan fingerprint density at radius 3 is 2.04 bits per heavy atom. The van der Waals surface area contributed by atoms with E-state index in [0.29, 0.717) is 11.0 Å². The predicted molar refractivity (Wildman–Crippen MR) is 99.8 cm³/mol. The minimum atomic E-state index is -0.892. The molecule has 0 spiro atoms. The van der Waals surface area contributed by atoms with Crippen LogP contribution in [0.4, 0.5) is 0 Å². The molecule has 0 fully saturated rings. The van der Waals surface area contributed by atoms with Gasteiger partial charge in [-0.1, -0.05) is 71.4 Å². The first-order valence-corrected chi connectivity index (χ1v) is 8.86. The average Bonchev–Trinajstić information content (AvgIpc) is 3.00. The molecule has 1 N–H and O–H groups in total. The summed E-state index contributed by atoms with van der Waals surface area (Å²) in [6, 6.07) is 16.1. The van der Waals surface area contributed by atoms with E-state index >= 15 is 0 Å². The van der Waals surface area contributed by atoms with Crippen LogP contribution in [-0.2, 0) is 4.79 Å². The molecule has 25 heavy (non-hydrogen) atoms. The number of carbonyl (C=O) groups is 1. The summed E-state index contributed by atoms with van der Waals surface area (Å²) in [4.78, 5) is 15.7. The van der Waals surface area contributed by atoms with Crippen molar-refractivity contribution in [3.8, 4) is 22.6 Å². The average molecular weight is 353 g/mol. The number of carboxylic acid groups (broad SMARTS) is 1. The number of hydrogen-bond acceptors (Lipinski definition) is 4. The minimum absolute atomic E-state index is 0.362. The minimum Gasteiger partial charge on any atom is -0.480 e. The SMILES string of the molecule is Cc1ccc(-c2nc(SC(C)C(=O)O)oc2-c2ccc(C)cc2)cc1. The molecule has 128 valence electrons. The van der Waals surface area contributed by atoms with Crippen LogP contribution in [0.1, 0.15) is 18.1 Å². The summed E-state index contributed by atoms with van der Waals surface area (Å²) < 4.78 is 5.93. The van der Waals surface area contributed by atoms with Crippen molar-refractivity contribution in [1.29, 1.82) is 0 Å². The van der Waals surface area contributed by atoms with Gasteiger partial charge in [-0.25, -0.2) is 4.98 Å². The lowest BCUT2D eigenvalue weighted by Gasteiger charge is -2.03. The first kappa shape index (κ1) is 17.3. The molecule has 0 radical (unpaired) electrons. The smallest absolute Gasteiger partial charge is 0.316 e. The number of oxazole rings is 1. The fourth-order valence-electron chi connectivity index (χ4n) is 2.36. The maximum atomic E-state index is 11.1. The highest BCUT2D eigenvalue weighted by Gasteiger charge is 2.21. The lowest BCUT2D eigenvalue weighted by Crippen LogP contribution is -2.10. The van der Waals surface area contributed by atoms with Gasteiger partial charge < -0.3 is 9.52 Å². The summed E-state index contributed by atoms with van der Waals surface area (Å²) in [5, 5.41) is 8.86. The van der Waals surface area contributed by atoms with Crippen LogP contribution in [0.15, 0.2) is 58.2 Å². The second-order valence-corrected chi connectivity index (χ2v) is 7.28. The number of aromatic nitrogens is 1. The van der Waals surface area contributed by atoms with Gasteiger partial charge in [0.05, 0.1) is 0 Å². The topological polar surface area (TPSA) is 63.3 Å². The van der Waals surface area contributed by atoms with Crippen molar-refractivity contribution < 1.29 is 14.3 Å². The van der Waals surface area contributed by atoms with Crippen LogP contribution >= 0.6 is 11.8 Å². The third kappa shape index (κ3) is 3.94. The summed E-state index contributed by atoms with van der Waals surface area (Å²) in [7, 11) is 0. The summed E-state index contributed by atoms with van der Waals surface area (Å²) in [6.45, 7) is 5.68. The quantitative estimate of drug-likeness (QED) is 0.640. The molecular formula is C20H19NO3S. The molecule has 0 aliphatic carbocycles. The molecule has 1 unspecified atom stereocenters. The molecule has 4 nitrogen and oxygen atoms in total. The summed E-state index contributed by atoms with van der Waals surface area (Å²) in [5.41, 5.74) is 4.92. The number of carboxylic acids is 1. The van der Waals surface area contributed by atoms with Crippen LogP contribution in [-0.4, -0.2) is 21.3 Å². The van der Waals surface area contributed by atoms with Gasteiger partial charge in [-0.05, 0) is 20.8 Å². The largest absolute Gasteiger partial charge is 0.480 e. The van der Waals surface area contributed by atoms with Crippen molar-refractivity contribution in [3.05, 3.63) is 59.7 Å². The molecule has 0 amide bonds. The first-order valence-electron chi connectivity index (χ1n) is 7.98. The van der Waals surface area contributed by atoms with E-state index in [1.165, 1.54) is 5.56 Å². The van der Waals surface area contributed by atoms with Gasteiger partial charge in [0.15, 0.2) is 5.76 Å². The fourth-order valence-corrected chi connectivity index (χ4v) is 3.04. The lowest BCUT2D eigenvalue weighted by atomic mass is 10.0. The van der Waals surface area contributed by atoms with Crippen molar-refractivity contribution in [2.45, 2.75) is 31.2 Å². The molecule has 0 saturated carbocycles. The second kappa shape index (κ2) is 7.15. The maximum absolute atomic E-state index is 11.1.